The van der Waals surface area contributed by atoms with Crippen molar-refractivity contribution < 1.29 is 24.3 Å². The van der Waals surface area contributed by atoms with Gasteiger partial charge < -0.3 is 26.4 Å². The molecule has 36 heavy (non-hydrogen) atoms. The summed E-state index contributed by atoms with van der Waals surface area (Å²) in [5.41, 5.74) is 5.80. The SMILES string of the molecule is CC(C)(C)NC(=O)[C@@H]1CSCN1C(=O)[C@@H](O)[C@H](Cc1ccccc1)NC(=O)c1ccccc1C(N)=O. The number of nitrogens with two attached hydrogens (primary N) is 1. The van der Waals surface area contributed by atoms with Crippen molar-refractivity contribution in [3.05, 3.63) is 71.3 Å². The van der Waals surface area contributed by atoms with Gasteiger partial charge in [-0.25, -0.2) is 0 Å². The second kappa shape index (κ2) is 11.6. The van der Waals surface area contributed by atoms with Crippen molar-refractivity contribution in [2.24, 2.45) is 5.73 Å². The minimum Gasteiger partial charge on any atom is -0.381 e. The summed E-state index contributed by atoms with van der Waals surface area (Å²) in [6, 6.07) is 13.4. The van der Waals surface area contributed by atoms with Gasteiger partial charge in [0.05, 0.1) is 23.0 Å². The summed E-state index contributed by atoms with van der Waals surface area (Å²) in [7, 11) is 0. The zero-order valence-electron chi connectivity index (χ0n) is 20.6. The highest BCUT2D eigenvalue weighted by molar-refractivity contribution is 7.99. The van der Waals surface area contributed by atoms with Gasteiger partial charge >= 0.3 is 0 Å². The molecule has 0 aliphatic carbocycles. The fraction of sp³-hybridized carbons (Fsp3) is 0.385. The van der Waals surface area contributed by atoms with Crippen molar-refractivity contribution in [1.29, 1.82) is 0 Å². The maximum atomic E-state index is 13.4. The largest absolute Gasteiger partial charge is 0.381 e. The predicted octanol–water partition coefficient (Wildman–Crippen LogP) is 1.30. The molecule has 1 fully saturated rings. The van der Waals surface area contributed by atoms with Gasteiger partial charge in [0.15, 0.2) is 6.10 Å². The third-order valence-corrected chi connectivity index (χ3v) is 6.66. The number of nitrogens with zero attached hydrogens (tertiary/aromatic N) is 1. The Bertz CT molecular complexity index is 1120. The molecule has 0 spiro atoms. The summed E-state index contributed by atoms with van der Waals surface area (Å²) in [6.45, 7) is 5.55. The van der Waals surface area contributed by atoms with E-state index in [-0.39, 0.29) is 29.3 Å². The van der Waals surface area contributed by atoms with Gasteiger partial charge in [-0.15, -0.1) is 11.8 Å². The van der Waals surface area contributed by atoms with Crippen molar-refractivity contribution >= 4 is 35.4 Å². The molecule has 2 aromatic carbocycles. The number of benzene rings is 2. The van der Waals surface area contributed by atoms with E-state index >= 15 is 0 Å². The number of nitrogens with one attached hydrogen (secondary N) is 2. The first-order valence-corrected chi connectivity index (χ1v) is 12.8. The molecule has 4 amide bonds. The Morgan fingerprint density at radius 3 is 2.28 bits per heavy atom. The Morgan fingerprint density at radius 2 is 1.67 bits per heavy atom. The van der Waals surface area contributed by atoms with Crippen LogP contribution in [-0.2, 0) is 16.0 Å². The minimum absolute atomic E-state index is 0.0316. The number of rotatable bonds is 8. The van der Waals surface area contributed by atoms with Crippen LogP contribution in [0, 0.1) is 0 Å². The van der Waals surface area contributed by atoms with Gasteiger partial charge in [-0.1, -0.05) is 42.5 Å². The molecule has 0 bridgehead atoms. The highest BCUT2D eigenvalue weighted by Gasteiger charge is 2.40. The lowest BCUT2D eigenvalue weighted by molar-refractivity contribution is -0.146. The smallest absolute Gasteiger partial charge is 0.254 e. The van der Waals surface area contributed by atoms with E-state index in [1.807, 2.05) is 51.1 Å². The molecule has 2 aromatic rings. The highest BCUT2D eigenvalue weighted by Crippen LogP contribution is 2.24. The second-order valence-corrected chi connectivity index (χ2v) is 10.7. The first kappa shape index (κ1) is 27.2. The van der Waals surface area contributed by atoms with Crippen LogP contribution in [0.2, 0.25) is 0 Å². The highest BCUT2D eigenvalue weighted by atomic mass is 32.2. The van der Waals surface area contributed by atoms with Crippen LogP contribution in [0.1, 0.15) is 47.1 Å². The molecular weight excluding hydrogens is 480 g/mol. The molecule has 3 rings (SSSR count). The fourth-order valence-corrected chi connectivity index (χ4v) is 5.09. The third kappa shape index (κ3) is 6.86. The van der Waals surface area contributed by atoms with Crippen LogP contribution in [0.4, 0.5) is 0 Å². The molecule has 0 saturated carbocycles. The molecule has 1 aliphatic rings. The Balaban J connectivity index is 1.85. The molecule has 9 nitrogen and oxygen atoms in total. The number of carbonyl (C=O) groups excluding carboxylic acids is 4. The minimum atomic E-state index is -1.63. The van der Waals surface area contributed by atoms with Gasteiger partial charge in [-0.05, 0) is 44.9 Å². The molecule has 192 valence electrons. The number of carbonyl (C=O) groups is 4. The average Bonchev–Trinajstić information content (AvgIpc) is 3.32. The molecule has 0 radical (unpaired) electrons. The average molecular weight is 513 g/mol. The first-order chi connectivity index (χ1) is 17.0. The van der Waals surface area contributed by atoms with Crippen molar-refractivity contribution in [3.8, 4) is 0 Å². The summed E-state index contributed by atoms with van der Waals surface area (Å²) in [5.74, 6) is -1.71. The summed E-state index contributed by atoms with van der Waals surface area (Å²) in [5, 5.41) is 16.8. The van der Waals surface area contributed by atoms with Gasteiger partial charge in [-0.2, -0.15) is 0 Å². The second-order valence-electron chi connectivity index (χ2n) is 9.69. The molecule has 1 aliphatic heterocycles. The molecule has 5 N–H and O–H groups in total. The van der Waals surface area contributed by atoms with E-state index in [1.165, 1.54) is 28.8 Å². The molecular formula is C26H32N4O5S. The van der Waals surface area contributed by atoms with Crippen LogP contribution in [-0.4, -0.2) is 69.0 Å². The number of hydrogen-bond acceptors (Lipinski definition) is 6. The Labute approximate surface area is 214 Å². The monoisotopic (exact) mass is 512 g/mol. The van der Waals surface area contributed by atoms with Crippen molar-refractivity contribution in [3.63, 3.8) is 0 Å². The molecule has 10 heteroatoms. The van der Waals surface area contributed by atoms with Gasteiger partial charge in [0.2, 0.25) is 11.8 Å². The van der Waals surface area contributed by atoms with Crippen LogP contribution in [0.25, 0.3) is 0 Å². The number of primary amides is 1. The van der Waals surface area contributed by atoms with Gasteiger partial charge in [0.25, 0.3) is 11.8 Å². The maximum absolute atomic E-state index is 13.4. The molecule has 0 unspecified atom stereocenters. The first-order valence-electron chi connectivity index (χ1n) is 11.6. The zero-order chi connectivity index (χ0) is 26.5. The van der Waals surface area contributed by atoms with Crippen LogP contribution < -0.4 is 16.4 Å². The number of amides is 4. The fourth-order valence-electron chi connectivity index (χ4n) is 3.92. The normalized spacial score (nSPS) is 17.2. The van der Waals surface area contributed by atoms with E-state index in [4.69, 9.17) is 5.73 Å². The van der Waals surface area contributed by atoms with Gasteiger partial charge in [-0.3, -0.25) is 19.2 Å². The predicted molar refractivity (Wildman–Crippen MR) is 138 cm³/mol. The Morgan fingerprint density at radius 1 is 1.06 bits per heavy atom. The maximum Gasteiger partial charge on any atom is 0.254 e. The van der Waals surface area contributed by atoms with E-state index in [1.54, 1.807) is 12.1 Å². The van der Waals surface area contributed by atoms with Crippen LogP contribution in [0.3, 0.4) is 0 Å². The molecule has 3 atom stereocenters. The molecule has 1 saturated heterocycles. The van der Waals surface area contributed by atoms with Crippen molar-refractivity contribution in [2.75, 3.05) is 11.6 Å². The number of aliphatic hydroxyl groups is 1. The topological polar surface area (TPSA) is 142 Å². The lowest BCUT2D eigenvalue weighted by Crippen LogP contribution is -2.57. The number of thioether (sulfide) groups is 1. The lowest BCUT2D eigenvalue weighted by atomic mass is 9.98. The summed E-state index contributed by atoms with van der Waals surface area (Å²) in [4.78, 5) is 52.5. The molecule has 0 aromatic heterocycles. The Kier molecular flexibility index (Phi) is 8.75. The van der Waals surface area contributed by atoms with E-state index in [0.717, 1.165) is 5.56 Å². The summed E-state index contributed by atoms with van der Waals surface area (Å²) >= 11 is 1.42. The Hall–Kier alpha value is -3.37. The van der Waals surface area contributed by atoms with E-state index in [2.05, 4.69) is 10.6 Å². The standard InChI is InChI=1S/C26H32N4O5S/c1-26(2,3)29-24(34)20-14-36-15-30(20)25(35)21(31)19(13-16-9-5-4-6-10-16)28-23(33)18-12-8-7-11-17(18)22(27)32/h4-12,19-21,31H,13-15H2,1-3H3,(H2,27,32)(H,28,33)(H,29,34)/t19-,20-,21-/m0/s1. The summed E-state index contributed by atoms with van der Waals surface area (Å²) in [6.07, 6.45) is -1.48. The van der Waals surface area contributed by atoms with Gasteiger partial charge in [0.1, 0.15) is 6.04 Å². The van der Waals surface area contributed by atoms with Crippen LogP contribution in [0.15, 0.2) is 54.6 Å². The van der Waals surface area contributed by atoms with E-state index in [9.17, 15) is 24.3 Å². The summed E-state index contributed by atoms with van der Waals surface area (Å²) < 4.78 is 0. The van der Waals surface area contributed by atoms with Crippen molar-refractivity contribution in [2.45, 2.75) is 50.9 Å². The third-order valence-electron chi connectivity index (χ3n) is 5.65. The zero-order valence-corrected chi connectivity index (χ0v) is 21.4. The number of aliphatic hydroxyl groups excluding tert-OH is 1. The van der Waals surface area contributed by atoms with Crippen LogP contribution in [0.5, 0.6) is 0 Å². The van der Waals surface area contributed by atoms with E-state index in [0.29, 0.717) is 5.75 Å². The van der Waals surface area contributed by atoms with E-state index < -0.39 is 41.4 Å². The lowest BCUT2D eigenvalue weighted by Gasteiger charge is -2.31. The van der Waals surface area contributed by atoms with Crippen LogP contribution >= 0.6 is 11.8 Å². The quantitative estimate of drug-likeness (QED) is 0.420. The van der Waals surface area contributed by atoms with Gasteiger partial charge in [0, 0.05) is 11.3 Å². The molecule has 1 heterocycles. The van der Waals surface area contributed by atoms with Crippen molar-refractivity contribution in [1.82, 2.24) is 15.5 Å². The number of hydrogen-bond donors (Lipinski definition) is 4.